The molecule has 0 bridgehead atoms. The Hall–Kier alpha value is -1.10. The molecule has 0 aromatic heterocycles. The number of rotatable bonds is 7. The lowest BCUT2D eigenvalue weighted by molar-refractivity contribution is -0.126. The normalized spacial score (nSPS) is 14.5. The second kappa shape index (κ2) is 7.23. The van der Waals surface area contributed by atoms with Crippen molar-refractivity contribution in [2.24, 2.45) is 5.92 Å². The average Bonchev–Trinajstić information content (AvgIpc) is 2.12. The highest BCUT2D eigenvalue weighted by atomic mass is 16.3. The zero-order valence-electron chi connectivity index (χ0n) is 9.49. The van der Waals surface area contributed by atoms with Gasteiger partial charge in [-0.25, -0.2) is 0 Å². The van der Waals surface area contributed by atoms with E-state index in [1.165, 1.54) is 0 Å². The van der Waals surface area contributed by atoms with E-state index in [1.807, 2.05) is 13.8 Å². The summed E-state index contributed by atoms with van der Waals surface area (Å²) in [5, 5.41) is 14.0. The molecule has 5 heteroatoms. The summed E-state index contributed by atoms with van der Waals surface area (Å²) < 4.78 is 0. The van der Waals surface area contributed by atoms with Crippen LogP contribution in [0.4, 0.5) is 0 Å². The summed E-state index contributed by atoms with van der Waals surface area (Å²) in [4.78, 5) is 21.8. The summed E-state index contributed by atoms with van der Waals surface area (Å²) in [7, 11) is 0. The van der Waals surface area contributed by atoms with E-state index in [0.29, 0.717) is 18.7 Å². The monoisotopic (exact) mass is 216 g/mol. The fourth-order valence-corrected chi connectivity index (χ4v) is 1.18. The van der Waals surface area contributed by atoms with Gasteiger partial charge in [-0.05, 0) is 19.3 Å². The Morgan fingerprint density at radius 1 is 1.40 bits per heavy atom. The lowest BCUT2D eigenvalue weighted by Gasteiger charge is -2.18. The second-order valence-electron chi connectivity index (χ2n) is 4.06. The number of aliphatic hydroxyl groups excluding tert-OH is 1. The van der Waals surface area contributed by atoms with Crippen LogP contribution in [0.1, 0.15) is 27.2 Å². The van der Waals surface area contributed by atoms with Crippen molar-refractivity contribution in [1.82, 2.24) is 10.6 Å². The molecule has 2 amide bonds. The molecule has 88 valence electrons. The van der Waals surface area contributed by atoms with Gasteiger partial charge in [-0.15, -0.1) is 0 Å². The van der Waals surface area contributed by atoms with Gasteiger partial charge in [-0.2, -0.15) is 0 Å². The molecule has 0 rings (SSSR count). The molecule has 2 atom stereocenters. The predicted molar refractivity (Wildman–Crippen MR) is 57.1 cm³/mol. The van der Waals surface area contributed by atoms with Gasteiger partial charge in [0.2, 0.25) is 12.3 Å². The van der Waals surface area contributed by atoms with Crippen molar-refractivity contribution in [2.45, 2.75) is 39.3 Å². The van der Waals surface area contributed by atoms with E-state index in [4.69, 9.17) is 5.11 Å². The third-order valence-corrected chi connectivity index (χ3v) is 1.86. The van der Waals surface area contributed by atoms with Crippen LogP contribution in [0.3, 0.4) is 0 Å². The first-order valence-corrected chi connectivity index (χ1v) is 5.12. The summed E-state index contributed by atoms with van der Waals surface area (Å²) >= 11 is 0. The highest BCUT2D eigenvalue weighted by molar-refractivity contribution is 5.83. The van der Waals surface area contributed by atoms with E-state index >= 15 is 0 Å². The average molecular weight is 216 g/mol. The van der Waals surface area contributed by atoms with E-state index in [0.717, 1.165) is 0 Å². The number of amides is 2. The minimum atomic E-state index is -0.579. The molecule has 0 fully saturated rings. The third-order valence-electron chi connectivity index (χ3n) is 1.86. The van der Waals surface area contributed by atoms with Gasteiger partial charge in [0.25, 0.3) is 0 Å². The van der Waals surface area contributed by atoms with Gasteiger partial charge < -0.3 is 15.7 Å². The smallest absolute Gasteiger partial charge is 0.242 e. The summed E-state index contributed by atoms with van der Waals surface area (Å²) in [6.45, 7) is 5.74. The number of carbonyl (C=O) groups excluding carboxylic acids is 2. The first kappa shape index (κ1) is 13.9. The van der Waals surface area contributed by atoms with Gasteiger partial charge in [-0.3, -0.25) is 9.59 Å². The number of nitrogens with one attached hydrogen (secondary N) is 2. The standard InChI is InChI=1S/C10H20N2O3/c1-7(2)4-9(12-6-13)10(15)11-5-8(3)14/h6-9,14H,4-5H2,1-3H3,(H,11,15)(H,12,13)/t8?,9-/m0/s1. The molecule has 0 saturated heterocycles. The van der Waals surface area contributed by atoms with Crippen LogP contribution in [0.2, 0.25) is 0 Å². The molecule has 15 heavy (non-hydrogen) atoms. The van der Waals surface area contributed by atoms with Crippen LogP contribution in [0.15, 0.2) is 0 Å². The van der Waals surface area contributed by atoms with Crippen molar-refractivity contribution < 1.29 is 14.7 Å². The Labute approximate surface area is 90.2 Å². The van der Waals surface area contributed by atoms with E-state index in [9.17, 15) is 9.59 Å². The highest BCUT2D eigenvalue weighted by Crippen LogP contribution is 2.04. The summed E-state index contributed by atoms with van der Waals surface area (Å²) in [6.07, 6.45) is 0.532. The van der Waals surface area contributed by atoms with Gasteiger partial charge >= 0.3 is 0 Å². The largest absolute Gasteiger partial charge is 0.392 e. The summed E-state index contributed by atoms with van der Waals surface area (Å²) in [5.41, 5.74) is 0. The van der Waals surface area contributed by atoms with Crippen molar-refractivity contribution in [3.05, 3.63) is 0 Å². The van der Waals surface area contributed by atoms with Gasteiger partial charge in [0.1, 0.15) is 6.04 Å². The second-order valence-corrected chi connectivity index (χ2v) is 4.06. The van der Waals surface area contributed by atoms with Crippen molar-refractivity contribution >= 4 is 12.3 Å². The Morgan fingerprint density at radius 2 is 2.00 bits per heavy atom. The lowest BCUT2D eigenvalue weighted by atomic mass is 10.0. The van der Waals surface area contributed by atoms with Crippen LogP contribution in [-0.4, -0.2) is 36.1 Å². The molecule has 0 heterocycles. The quantitative estimate of drug-likeness (QED) is 0.509. The molecule has 3 N–H and O–H groups in total. The van der Waals surface area contributed by atoms with Gasteiger partial charge in [0, 0.05) is 6.54 Å². The Kier molecular flexibility index (Phi) is 6.70. The van der Waals surface area contributed by atoms with Crippen LogP contribution in [-0.2, 0) is 9.59 Å². The first-order valence-electron chi connectivity index (χ1n) is 5.12. The zero-order chi connectivity index (χ0) is 11.8. The molecular formula is C10H20N2O3. The zero-order valence-corrected chi connectivity index (χ0v) is 9.49. The Morgan fingerprint density at radius 3 is 2.40 bits per heavy atom. The maximum atomic E-state index is 11.5. The molecule has 0 radical (unpaired) electrons. The lowest BCUT2D eigenvalue weighted by Crippen LogP contribution is -2.46. The maximum Gasteiger partial charge on any atom is 0.242 e. The number of carbonyl (C=O) groups is 2. The molecular weight excluding hydrogens is 196 g/mol. The highest BCUT2D eigenvalue weighted by Gasteiger charge is 2.18. The van der Waals surface area contributed by atoms with Crippen molar-refractivity contribution in [2.75, 3.05) is 6.54 Å². The van der Waals surface area contributed by atoms with Gasteiger partial charge in [-0.1, -0.05) is 13.8 Å². The maximum absolute atomic E-state index is 11.5. The Balaban J connectivity index is 4.09. The molecule has 0 aromatic rings. The molecule has 0 saturated carbocycles. The van der Waals surface area contributed by atoms with Crippen LogP contribution in [0, 0.1) is 5.92 Å². The summed E-state index contributed by atoms with van der Waals surface area (Å²) in [5.74, 6) is 0.0662. The van der Waals surface area contributed by atoms with E-state index < -0.39 is 12.1 Å². The van der Waals surface area contributed by atoms with E-state index in [1.54, 1.807) is 6.92 Å². The first-order chi connectivity index (χ1) is 6.97. The van der Waals surface area contributed by atoms with Crippen molar-refractivity contribution in [3.63, 3.8) is 0 Å². The van der Waals surface area contributed by atoms with Gasteiger partial charge in [0.15, 0.2) is 0 Å². The van der Waals surface area contributed by atoms with Crippen LogP contribution >= 0.6 is 0 Å². The van der Waals surface area contributed by atoms with Crippen LogP contribution in [0.25, 0.3) is 0 Å². The molecule has 0 aliphatic heterocycles. The number of hydrogen-bond donors (Lipinski definition) is 3. The molecule has 0 aromatic carbocycles. The SMILES string of the molecule is CC(C)C[C@H](NC=O)C(=O)NCC(C)O. The number of aliphatic hydroxyl groups is 1. The van der Waals surface area contributed by atoms with E-state index in [2.05, 4.69) is 10.6 Å². The Bertz CT molecular complexity index is 205. The minimum absolute atomic E-state index is 0.202. The molecule has 0 aliphatic carbocycles. The van der Waals surface area contributed by atoms with Crippen molar-refractivity contribution in [1.29, 1.82) is 0 Å². The molecule has 1 unspecified atom stereocenters. The molecule has 0 spiro atoms. The number of hydrogen-bond acceptors (Lipinski definition) is 3. The molecule has 5 nitrogen and oxygen atoms in total. The van der Waals surface area contributed by atoms with Crippen LogP contribution in [0.5, 0.6) is 0 Å². The van der Waals surface area contributed by atoms with Crippen LogP contribution < -0.4 is 10.6 Å². The summed E-state index contributed by atoms with van der Waals surface area (Å²) in [6, 6.07) is -0.513. The van der Waals surface area contributed by atoms with E-state index in [-0.39, 0.29) is 12.5 Å². The van der Waals surface area contributed by atoms with Gasteiger partial charge in [0.05, 0.1) is 6.10 Å². The topological polar surface area (TPSA) is 78.4 Å². The fraction of sp³-hybridized carbons (Fsp3) is 0.800. The fourth-order valence-electron chi connectivity index (χ4n) is 1.18. The predicted octanol–water partition coefficient (Wildman–Crippen LogP) is -0.356. The molecule has 0 aliphatic rings. The minimum Gasteiger partial charge on any atom is -0.392 e. The van der Waals surface area contributed by atoms with Crippen molar-refractivity contribution in [3.8, 4) is 0 Å². The third kappa shape index (κ3) is 6.90.